The van der Waals surface area contributed by atoms with Crippen LogP contribution in [0.1, 0.15) is 25.3 Å². The number of hydrogen-bond donors (Lipinski definition) is 3. The molecule has 0 radical (unpaired) electrons. The summed E-state index contributed by atoms with van der Waals surface area (Å²) in [5.74, 6) is 0.101. The lowest BCUT2D eigenvalue weighted by molar-refractivity contribution is -0.122. The van der Waals surface area contributed by atoms with Crippen molar-refractivity contribution in [2.75, 3.05) is 0 Å². The first-order valence-electron chi connectivity index (χ1n) is 6.83. The minimum absolute atomic E-state index is 0.101. The quantitative estimate of drug-likeness (QED) is 0.766. The van der Waals surface area contributed by atoms with Gasteiger partial charge in [-0.05, 0) is 37.5 Å². The zero-order chi connectivity index (χ0) is 13.2. The average molecular weight is 257 g/mol. The number of benzene rings is 1. The van der Waals surface area contributed by atoms with Crippen molar-refractivity contribution >= 4 is 16.8 Å². The topological polar surface area (TPSA) is 56.9 Å². The summed E-state index contributed by atoms with van der Waals surface area (Å²) in [6.07, 6.45) is 4.19. The molecule has 1 atom stereocenters. The molecule has 4 nitrogen and oxygen atoms in total. The highest BCUT2D eigenvalue weighted by Gasteiger charge is 2.25. The minimum Gasteiger partial charge on any atom is -0.361 e. The molecular formula is C15H19N3O. The molecule has 1 aromatic carbocycles. The van der Waals surface area contributed by atoms with E-state index in [0.717, 1.165) is 18.4 Å². The molecule has 0 aliphatic heterocycles. The smallest absolute Gasteiger partial charge is 0.237 e. The van der Waals surface area contributed by atoms with Crippen LogP contribution in [0.25, 0.3) is 10.9 Å². The SMILES string of the molecule is CC(NCc1cccc2[nH]ccc12)C(=O)NC1CC1. The molecule has 19 heavy (non-hydrogen) atoms. The molecule has 0 bridgehead atoms. The van der Waals surface area contributed by atoms with E-state index in [1.54, 1.807) is 0 Å². The number of hydrogen-bond acceptors (Lipinski definition) is 2. The van der Waals surface area contributed by atoms with Gasteiger partial charge < -0.3 is 15.6 Å². The van der Waals surface area contributed by atoms with E-state index in [0.29, 0.717) is 12.6 Å². The van der Waals surface area contributed by atoms with Gasteiger partial charge in [-0.3, -0.25) is 4.79 Å². The van der Waals surface area contributed by atoms with Crippen molar-refractivity contribution in [3.8, 4) is 0 Å². The highest BCUT2D eigenvalue weighted by molar-refractivity contribution is 5.83. The number of amides is 1. The van der Waals surface area contributed by atoms with Crippen LogP contribution in [0.4, 0.5) is 0 Å². The fourth-order valence-corrected chi connectivity index (χ4v) is 2.21. The maximum Gasteiger partial charge on any atom is 0.237 e. The summed E-state index contributed by atoms with van der Waals surface area (Å²) >= 11 is 0. The summed E-state index contributed by atoms with van der Waals surface area (Å²) in [4.78, 5) is 15.0. The lowest BCUT2D eigenvalue weighted by atomic mass is 10.1. The molecule has 0 spiro atoms. The first-order valence-corrected chi connectivity index (χ1v) is 6.83. The van der Waals surface area contributed by atoms with Gasteiger partial charge in [-0.2, -0.15) is 0 Å². The summed E-state index contributed by atoms with van der Waals surface area (Å²) in [5, 5.41) is 7.52. The van der Waals surface area contributed by atoms with Crippen molar-refractivity contribution in [3.63, 3.8) is 0 Å². The zero-order valence-corrected chi connectivity index (χ0v) is 11.1. The van der Waals surface area contributed by atoms with Gasteiger partial charge in [0, 0.05) is 29.7 Å². The van der Waals surface area contributed by atoms with Crippen molar-refractivity contribution in [2.45, 2.75) is 38.4 Å². The van der Waals surface area contributed by atoms with Gasteiger partial charge in [0.25, 0.3) is 0 Å². The maximum atomic E-state index is 11.8. The third kappa shape index (κ3) is 2.79. The third-order valence-corrected chi connectivity index (χ3v) is 3.60. The van der Waals surface area contributed by atoms with Crippen molar-refractivity contribution in [1.29, 1.82) is 0 Å². The number of carbonyl (C=O) groups is 1. The summed E-state index contributed by atoms with van der Waals surface area (Å²) < 4.78 is 0. The highest BCUT2D eigenvalue weighted by atomic mass is 16.2. The summed E-state index contributed by atoms with van der Waals surface area (Å²) in [5.41, 5.74) is 2.35. The van der Waals surface area contributed by atoms with Crippen LogP contribution in [0, 0.1) is 0 Å². The second-order valence-electron chi connectivity index (χ2n) is 5.24. The molecule has 3 N–H and O–H groups in total. The number of nitrogens with one attached hydrogen (secondary N) is 3. The number of carbonyl (C=O) groups excluding carboxylic acids is 1. The van der Waals surface area contributed by atoms with Crippen molar-refractivity contribution < 1.29 is 4.79 Å². The third-order valence-electron chi connectivity index (χ3n) is 3.60. The lowest BCUT2D eigenvalue weighted by Crippen LogP contribution is -2.42. The molecule has 1 heterocycles. The van der Waals surface area contributed by atoms with Crippen LogP contribution in [0.15, 0.2) is 30.5 Å². The van der Waals surface area contributed by atoms with Gasteiger partial charge in [-0.25, -0.2) is 0 Å². The van der Waals surface area contributed by atoms with E-state index in [2.05, 4.69) is 33.8 Å². The van der Waals surface area contributed by atoms with E-state index in [4.69, 9.17) is 0 Å². The molecule has 1 aromatic heterocycles. The van der Waals surface area contributed by atoms with E-state index in [9.17, 15) is 4.79 Å². The Bertz CT molecular complexity index is 586. The Morgan fingerprint density at radius 1 is 1.42 bits per heavy atom. The average Bonchev–Trinajstić information content (AvgIpc) is 3.09. The van der Waals surface area contributed by atoms with Crippen LogP contribution in [0.5, 0.6) is 0 Å². The Morgan fingerprint density at radius 3 is 3.05 bits per heavy atom. The number of H-pyrrole nitrogens is 1. The summed E-state index contributed by atoms with van der Waals surface area (Å²) in [6, 6.07) is 8.52. The van der Waals surface area contributed by atoms with Crippen molar-refractivity contribution in [2.24, 2.45) is 0 Å². The lowest BCUT2D eigenvalue weighted by Gasteiger charge is -2.14. The van der Waals surface area contributed by atoms with Crippen LogP contribution in [-0.2, 0) is 11.3 Å². The molecular weight excluding hydrogens is 238 g/mol. The van der Waals surface area contributed by atoms with Gasteiger partial charge in [-0.15, -0.1) is 0 Å². The molecule has 2 aromatic rings. The first-order chi connectivity index (χ1) is 9.24. The molecule has 1 aliphatic carbocycles. The molecule has 3 rings (SSSR count). The van der Waals surface area contributed by atoms with Crippen LogP contribution < -0.4 is 10.6 Å². The number of fused-ring (bicyclic) bond motifs is 1. The van der Waals surface area contributed by atoms with Gasteiger partial charge in [0.05, 0.1) is 6.04 Å². The summed E-state index contributed by atoms with van der Waals surface area (Å²) in [7, 11) is 0. The van der Waals surface area contributed by atoms with Crippen LogP contribution in [0.2, 0.25) is 0 Å². The van der Waals surface area contributed by atoms with E-state index < -0.39 is 0 Å². The molecule has 1 unspecified atom stereocenters. The number of aromatic nitrogens is 1. The van der Waals surface area contributed by atoms with Gasteiger partial charge in [0.15, 0.2) is 0 Å². The Balaban J connectivity index is 1.61. The molecule has 1 amide bonds. The molecule has 0 saturated heterocycles. The van der Waals surface area contributed by atoms with Gasteiger partial charge >= 0.3 is 0 Å². The standard InChI is InChI=1S/C15H19N3O/c1-10(15(19)18-12-5-6-12)17-9-11-3-2-4-14-13(11)7-8-16-14/h2-4,7-8,10,12,16-17H,5-6,9H2,1H3,(H,18,19). The predicted molar refractivity (Wildman–Crippen MR) is 75.8 cm³/mol. The Kier molecular flexibility index (Phi) is 3.25. The molecule has 1 fully saturated rings. The highest BCUT2D eigenvalue weighted by Crippen LogP contribution is 2.19. The van der Waals surface area contributed by atoms with Crippen molar-refractivity contribution in [3.05, 3.63) is 36.0 Å². The van der Waals surface area contributed by atoms with Crippen LogP contribution in [-0.4, -0.2) is 23.0 Å². The number of aromatic amines is 1. The van der Waals surface area contributed by atoms with Gasteiger partial charge in [0.2, 0.25) is 5.91 Å². The Labute approximate surface area is 112 Å². The fourth-order valence-electron chi connectivity index (χ4n) is 2.21. The predicted octanol–water partition coefficient (Wildman–Crippen LogP) is 1.92. The number of rotatable bonds is 5. The Hall–Kier alpha value is -1.81. The fraction of sp³-hybridized carbons (Fsp3) is 0.400. The van der Waals surface area contributed by atoms with E-state index in [1.165, 1.54) is 10.9 Å². The molecule has 1 saturated carbocycles. The second-order valence-corrected chi connectivity index (χ2v) is 5.24. The van der Waals surface area contributed by atoms with E-state index in [-0.39, 0.29) is 11.9 Å². The zero-order valence-electron chi connectivity index (χ0n) is 11.1. The van der Waals surface area contributed by atoms with Crippen LogP contribution in [0.3, 0.4) is 0 Å². The van der Waals surface area contributed by atoms with E-state index >= 15 is 0 Å². The molecule has 1 aliphatic rings. The molecule has 100 valence electrons. The maximum absolute atomic E-state index is 11.8. The van der Waals surface area contributed by atoms with E-state index in [1.807, 2.05) is 19.2 Å². The largest absolute Gasteiger partial charge is 0.361 e. The van der Waals surface area contributed by atoms with Crippen LogP contribution >= 0.6 is 0 Å². The van der Waals surface area contributed by atoms with Gasteiger partial charge in [-0.1, -0.05) is 12.1 Å². The van der Waals surface area contributed by atoms with Crippen molar-refractivity contribution in [1.82, 2.24) is 15.6 Å². The normalized spacial score (nSPS) is 16.5. The molecule has 4 heteroatoms. The summed E-state index contributed by atoms with van der Waals surface area (Å²) in [6.45, 7) is 2.61. The van der Waals surface area contributed by atoms with Gasteiger partial charge in [0.1, 0.15) is 0 Å². The second kappa shape index (κ2) is 5.05. The first kappa shape index (κ1) is 12.2. The minimum atomic E-state index is -0.158. The Morgan fingerprint density at radius 2 is 2.26 bits per heavy atom. The monoisotopic (exact) mass is 257 g/mol.